The van der Waals surface area contributed by atoms with Crippen molar-refractivity contribution in [1.82, 2.24) is 10.3 Å². The largest absolute Gasteiger partial charge is 0.370 e. The van der Waals surface area contributed by atoms with E-state index in [0.29, 0.717) is 18.9 Å². The maximum atomic E-state index is 12.4. The molecule has 0 saturated carbocycles. The summed E-state index contributed by atoms with van der Waals surface area (Å²) < 4.78 is 0. The Balaban J connectivity index is 1.32. The summed E-state index contributed by atoms with van der Waals surface area (Å²) in [5, 5.41) is 9.31. The van der Waals surface area contributed by atoms with Crippen LogP contribution in [0.15, 0.2) is 36.4 Å². The fourth-order valence-corrected chi connectivity index (χ4v) is 4.06. The molecule has 0 radical (unpaired) electrons. The van der Waals surface area contributed by atoms with Gasteiger partial charge in [-0.25, -0.2) is 9.78 Å². The molecule has 1 atom stereocenters. The van der Waals surface area contributed by atoms with E-state index in [-0.39, 0.29) is 6.03 Å². The zero-order chi connectivity index (χ0) is 19.3. The van der Waals surface area contributed by atoms with E-state index in [2.05, 4.69) is 58.2 Å². The maximum absolute atomic E-state index is 12.4. The van der Waals surface area contributed by atoms with Crippen molar-refractivity contribution in [2.45, 2.75) is 44.9 Å². The van der Waals surface area contributed by atoms with Crippen molar-refractivity contribution in [2.75, 3.05) is 23.7 Å². The second kappa shape index (κ2) is 8.46. The number of nitrogens with one attached hydrogen (secondary N) is 3. The number of allylic oxidation sites excluding steroid dienone is 1. The van der Waals surface area contributed by atoms with Crippen molar-refractivity contribution in [3.8, 4) is 0 Å². The van der Waals surface area contributed by atoms with Gasteiger partial charge < -0.3 is 16.0 Å². The van der Waals surface area contributed by atoms with Crippen LogP contribution < -0.4 is 16.0 Å². The molecular weight excluding hydrogens is 348 g/mol. The Morgan fingerprint density at radius 3 is 3.11 bits per heavy atom. The number of hydrogen-bond acceptors (Lipinski definition) is 3. The van der Waals surface area contributed by atoms with Crippen LogP contribution in [0.2, 0.25) is 0 Å². The lowest BCUT2D eigenvalue weighted by molar-refractivity contribution is 0.252. The third-order valence-corrected chi connectivity index (χ3v) is 5.50. The first-order chi connectivity index (χ1) is 13.7. The van der Waals surface area contributed by atoms with E-state index < -0.39 is 0 Å². The quantitative estimate of drug-likeness (QED) is 0.684. The molecule has 1 aliphatic carbocycles. The van der Waals surface area contributed by atoms with Crippen LogP contribution in [0.25, 0.3) is 6.08 Å². The predicted molar refractivity (Wildman–Crippen MR) is 115 cm³/mol. The van der Waals surface area contributed by atoms with Crippen molar-refractivity contribution in [3.63, 3.8) is 0 Å². The number of aromatic nitrogens is 1. The lowest BCUT2D eigenvalue weighted by Gasteiger charge is -2.17. The van der Waals surface area contributed by atoms with Gasteiger partial charge in [-0.05, 0) is 42.5 Å². The van der Waals surface area contributed by atoms with Crippen LogP contribution in [0.3, 0.4) is 0 Å². The standard InChI is InChI=1S/C23H28N4O/c1-2-5-16-10-12-20-19(16)7-3-8-21(20)27-23(28)25-15-13-18-11-9-17-6-4-14-24-22(17)26-18/h3,7-12,16H,2,4-6,13-15H2,1H3,(H,24,26)(H2,25,27,28). The molecule has 5 heteroatoms. The number of nitrogens with zero attached hydrogens (tertiary/aromatic N) is 1. The highest BCUT2D eigenvalue weighted by atomic mass is 16.2. The van der Waals surface area contributed by atoms with Gasteiger partial charge in [0.15, 0.2) is 0 Å². The highest BCUT2D eigenvalue weighted by molar-refractivity contribution is 5.92. The van der Waals surface area contributed by atoms with E-state index in [1.807, 2.05) is 12.1 Å². The van der Waals surface area contributed by atoms with E-state index in [0.717, 1.165) is 55.0 Å². The van der Waals surface area contributed by atoms with Crippen LogP contribution in [-0.2, 0) is 12.8 Å². The summed E-state index contributed by atoms with van der Waals surface area (Å²) in [6, 6.07) is 10.2. The molecule has 146 valence electrons. The summed E-state index contributed by atoms with van der Waals surface area (Å²) >= 11 is 0. The van der Waals surface area contributed by atoms with Crippen LogP contribution in [0.1, 0.15) is 54.5 Å². The second-order valence-corrected chi connectivity index (χ2v) is 7.53. The van der Waals surface area contributed by atoms with Crippen molar-refractivity contribution < 1.29 is 4.79 Å². The number of carbonyl (C=O) groups excluding carboxylic acids is 1. The zero-order valence-electron chi connectivity index (χ0n) is 16.4. The molecule has 2 heterocycles. The molecule has 1 aliphatic heterocycles. The normalized spacial score (nSPS) is 16.8. The molecule has 28 heavy (non-hydrogen) atoms. The molecule has 2 amide bonds. The van der Waals surface area contributed by atoms with E-state index in [1.165, 1.54) is 11.1 Å². The summed E-state index contributed by atoms with van der Waals surface area (Å²) in [5.41, 5.74) is 5.61. The number of rotatable bonds is 6. The van der Waals surface area contributed by atoms with E-state index >= 15 is 0 Å². The van der Waals surface area contributed by atoms with Gasteiger partial charge in [-0.1, -0.05) is 43.7 Å². The molecule has 3 N–H and O–H groups in total. The maximum Gasteiger partial charge on any atom is 0.319 e. The van der Waals surface area contributed by atoms with E-state index in [1.54, 1.807) is 0 Å². The lowest BCUT2D eigenvalue weighted by atomic mass is 9.96. The summed E-state index contributed by atoms with van der Waals surface area (Å²) in [7, 11) is 0. The molecule has 5 nitrogen and oxygen atoms in total. The van der Waals surface area contributed by atoms with Crippen molar-refractivity contribution in [3.05, 3.63) is 58.8 Å². The number of benzene rings is 1. The number of pyridine rings is 1. The summed E-state index contributed by atoms with van der Waals surface area (Å²) in [4.78, 5) is 17.0. The predicted octanol–water partition coefficient (Wildman–Crippen LogP) is 4.71. The Morgan fingerprint density at radius 2 is 2.21 bits per heavy atom. The minimum atomic E-state index is -0.170. The average Bonchev–Trinajstić information content (AvgIpc) is 3.12. The first kappa shape index (κ1) is 18.5. The second-order valence-electron chi connectivity index (χ2n) is 7.53. The van der Waals surface area contributed by atoms with Crippen molar-refractivity contribution in [1.29, 1.82) is 0 Å². The minimum absolute atomic E-state index is 0.170. The molecule has 2 aromatic rings. The number of amides is 2. The Labute approximate surface area is 166 Å². The molecule has 1 aromatic heterocycles. The summed E-state index contributed by atoms with van der Waals surface area (Å²) in [5.74, 6) is 1.47. The molecule has 4 rings (SSSR count). The van der Waals surface area contributed by atoms with Gasteiger partial charge in [-0.3, -0.25) is 0 Å². The SMILES string of the molecule is CCCC1C=Cc2c(NC(=O)NCCc3ccc4c(n3)NCCC4)cccc21. The number of fused-ring (bicyclic) bond motifs is 2. The third kappa shape index (κ3) is 4.03. The first-order valence-corrected chi connectivity index (χ1v) is 10.3. The lowest BCUT2D eigenvalue weighted by Crippen LogP contribution is -2.31. The van der Waals surface area contributed by atoms with E-state index in [9.17, 15) is 4.79 Å². The molecule has 0 spiro atoms. The van der Waals surface area contributed by atoms with Gasteiger partial charge in [0.2, 0.25) is 0 Å². The van der Waals surface area contributed by atoms with Gasteiger partial charge >= 0.3 is 6.03 Å². The molecule has 1 aromatic carbocycles. The van der Waals surface area contributed by atoms with E-state index in [4.69, 9.17) is 0 Å². The van der Waals surface area contributed by atoms with Crippen molar-refractivity contribution >= 4 is 23.6 Å². The Kier molecular flexibility index (Phi) is 5.60. The molecule has 2 aliphatic rings. The third-order valence-electron chi connectivity index (χ3n) is 5.50. The Hall–Kier alpha value is -2.82. The number of carbonyl (C=O) groups is 1. The minimum Gasteiger partial charge on any atom is -0.370 e. The highest BCUT2D eigenvalue weighted by Crippen LogP contribution is 2.37. The van der Waals surface area contributed by atoms with Gasteiger partial charge in [0.05, 0.1) is 0 Å². The number of hydrogen-bond donors (Lipinski definition) is 3. The van der Waals surface area contributed by atoms with Crippen LogP contribution in [0.4, 0.5) is 16.3 Å². The summed E-state index contributed by atoms with van der Waals surface area (Å²) in [6.07, 6.45) is 9.63. The van der Waals surface area contributed by atoms with Gasteiger partial charge in [0, 0.05) is 42.4 Å². The fraction of sp³-hybridized carbons (Fsp3) is 0.391. The van der Waals surface area contributed by atoms with Gasteiger partial charge in [0.25, 0.3) is 0 Å². The molecule has 0 fully saturated rings. The molecule has 1 unspecified atom stereocenters. The molecular formula is C23H28N4O. The first-order valence-electron chi connectivity index (χ1n) is 10.3. The topological polar surface area (TPSA) is 66.0 Å². The number of aryl methyl sites for hydroxylation is 1. The van der Waals surface area contributed by atoms with Crippen LogP contribution in [-0.4, -0.2) is 24.1 Å². The Morgan fingerprint density at radius 1 is 1.29 bits per heavy atom. The number of anilines is 2. The molecule has 0 saturated heterocycles. The van der Waals surface area contributed by atoms with Gasteiger partial charge in [0.1, 0.15) is 5.82 Å². The van der Waals surface area contributed by atoms with Gasteiger partial charge in [-0.15, -0.1) is 0 Å². The summed E-state index contributed by atoms with van der Waals surface area (Å²) in [6.45, 7) is 3.74. The highest BCUT2D eigenvalue weighted by Gasteiger charge is 2.19. The van der Waals surface area contributed by atoms with Crippen LogP contribution in [0.5, 0.6) is 0 Å². The van der Waals surface area contributed by atoms with Crippen molar-refractivity contribution in [2.24, 2.45) is 0 Å². The van der Waals surface area contributed by atoms with Gasteiger partial charge in [-0.2, -0.15) is 0 Å². The monoisotopic (exact) mass is 376 g/mol. The number of urea groups is 1. The zero-order valence-corrected chi connectivity index (χ0v) is 16.4. The van der Waals surface area contributed by atoms with Crippen LogP contribution >= 0.6 is 0 Å². The average molecular weight is 377 g/mol. The van der Waals surface area contributed by atoms with Crippen LogP contribution in [0, 0.1) is 0 Å². The Bertz CT molecular complexity index is 890. The fourth-order valence-electron chi connectivity index (χ4n) is 4.06. The molecule has 0 bridgehead atoms. The smallest absolute Gasteiger partial charge is 0.319 e.